The Kier molecular flexibility index (Phi) is 3.96. The highest BCUT2D eigenvalue weighted by Crippen LogP contribution is 2.20. The van der Waals surface area contributed by atoms with Gasteiger partial charge in [0.15, 0.2) is 0 Å². The quantitative estimate of drug-likeness (QED) is 0.927. The van der Waals surface area contributed by atoms with Crippen LogP contribution >= 0.6 is 15.9 Å². The Morgan fingerprint density at radius 1 is 1.22 bits per heavy atom. The van der Waals surface area contributed by atoms with Gasteiger partial charge in [-0.1, -0.05) is 34.1 Å². The van der Waals surface area contributed by atoms with Gasteiger partial charge in [-0.15, -0.1) is 0 Å². The zero-order chi connectivity index (χ0) is 13.0. The molecule has 0 aliphatic rings. The topological polar surface area (TPSA) is 35.8 Å². The molecular formula is C14H10BrFN2. The summed E-state index contributed by atoms with van der Waals surface area (Å²) >= 11 is 3.20. The van der Waals surface area contributed by atoms with Crippen molar-refractivity contribution in [2.45, 2.75) is 6.54 Å². The smallest absolute Gasteiger partial charge is 0.147 e. The van der Waals surface area contributed by atoms with E-state index in [9.17, 15) is 4.39 Å². The molecule has 0 bridgehead atoms. The van der Waals surface area contributed by atoms with E-state index in [-0.39, 0.29) is 5.82 Å². The number of hydrogen-bond donors (Lipinski definition) is 1. The van der Waals surface area contributed by atoms with Crippen LogP contribution in [0.5, 0.6) is 0 Å². The Morgan fingerprint density at radius 2 is 2.00 bits per heavy atom. The number of nitrogens with zero attached hydrogens (tertiary/aromatic N) is 1. The second-order valence-corrected chi connectivity index (χ2v) is 4.66. The molecule has 2 aromatic carbocycles. The van der Waals surface area contributed by atoms with Crippen LogP contribution in [-0.2, 0) is 6.54 Å². The van der Waals surface area contributed by atoms with Gasteiger partial charge in [-0.3, -0.25) is 0 Å². The maximum atomic E-state index is 13.6. The number of nitrogens with one attached hydrogen (secondary N) is 1. The molecule has 0 atom stereocenters. The Bertz CT molecular complexity index is 605. The van der Waals surface area contributed by atoms with Gasteiger partial charge in [0, 0.05) is 11.0 Å². The molecule has 4 heteroatoms. The van der Waals surface area contributed by atoms with Crippen molar-refractivity contribution in [1.82, 2.24) is 0 Å². The summed E-state index contributed by atoms with van der Waals surface area (Å²) in [5.41, 5.74) is 1.87. The van der Waals surface area contributed by atoms with Gasteiger partial charge in [0.25, 0.3) is 0 Å². The summed E-state index contributed by atoms with van der Waals surface area (Å²) in [5, 5.41) is 11.9. The number of benzene rings is 2. The zero-order valence-electron chi connectivity index (χ0n) is 9.45. The lowest BCUT2D eigenvalue weighted by atomic mass is 10.1. The molecule has 1 N–H and O–H groups in total. The Morgan fingerprint density at radius 3 is 2.72 bits per heavy atom. The van der Waals surface area contributed by atoms with Crippen LogP contribution in [0.4, 0.5) is 10.1 Å². The van der Waals surface area contributed by atoms with Gasteiger partial charge in [-0.2, -0.15) is 5.26 Å². The summed E-state index contributed by atoms with van der Waals surface area (Å²) in [6, 6.07) is 14.2. The van der Waals surface area contributed by atoms with E-state index in [1.54, 1.807) is 18.2 Å². The van der Waals surface area contributed by atoms with Crippen LogP contribution in [0.3, 0.4) is 0 Å². The van der Waals surface area contributed by atoms with Crippen molar-refractivity contribution in [2.24, 2.45) is 0 Å². The first-order valence-corrected chi connectivity index (χ1v) is 6.17. The fourth-order valence-electron chi connectivity index (χ4n) is 1.61. The van der Waals surface area contributed by atoms with Gasteiger partial charge < -0.3 is 5.32 Å². The molecule has 0 radical (unpaired) electrons. The van der Waals surface area contributed by atoms with Gasteiger partial charge in [-0.05, 0) is 29.8 Å². The fourth-order valence-corrected chi connectivity index (χ4v) is 1.94. The summed E-state index contributed by atoms with van der Waals surface area (Å²) < 4.78 is 14.3. The highest BCUT2D eigenvalue weighted by atomic mass is 79.9. The van der Waals surface area contributed by atoms with E-state index in [0.29, 0.717) is 22.3 Å². The number of rotatable bonds is 3. The van der Waals surface area contributed by atoms with E-state index in [1.807, 2.05) is 18.2 Å². The van der Waals surface area contributed by atoms with Crippen LogP contribution in [0.2, 0.25) is 0 Å². The third-order valence-corrected chi connectivity index (χ3v) is 3.03. The Labute approximate surface area is 113 Å². The average Bonchev–Trinajstić information content (AvgIpc) is 2.38. The van der Waals surface area contributed by atoms with Crippen LogP contribution in [0.1, 0.15) is 11.1 Å². The Balaban J connectivity index is 2.14. The van der Waals surface area contributed by atoms with Crippen LogP contribution in [0, 0.1) is 17.1 Å². The minimum absolute atomic E-state index is 0.321. The van der Waals surface area contributed by atoms with Gasteiger partial charge in [0.2, 0.25) is 0 Å². The molecule has 90 valence electrons. The van der Waals surface area contributed by atoms with Crippen molar-refractivity contribution in [2.75, 3.05) is 5.32 Å². The van der Waals surface area contributed by atoms with Crippen molar-refractivity contribution >= 4 is 21.6 Å². The van der Waals surface area contributed by atoms with Crippen LogP contribution in [0.15, 0.2) is 46.9 Å². The second kappa shape index (κ2) is 5.65. The molecule has 2 nitrogen and oxygen atoms in total. The summed E-state index contributed by atoms with van der Waals surface area (Å²) in [6.45, 7) is 0.419. The maximum Gasteiger partial charge on any atom is 0.147 e. The minimum Gasteiger partial charge on any atom is -0.379 e. The largest absolute Gasteiger partial charge is 0.379 e. The lowest BCUT2D eigenvalue weighted by Gasteiger charge is -2.09. The molecule has 0 aliphatic carbocycles. The lowest BCUT2D eigenvalue weighted by Crippen LogP contribution is -2.03. The number of anilines is 1. The fraction of sp³-hybridized carbons (Fsp3) is 0.0714. The van der Waals surface area contributed by atoms with Gasteiger partial charge in [0.1, 0.15) is 5.82 Å². The molecular weight excluding hydrogens is 295 g/mol. The van der Waals surface area contributed by atoms with Crippen molar-refractivity contribution < 1.29 is 4.39 Å². The predicted octanol–water partition coefficient (Wildman–Crippen LogP) is 4.07. The van der Waals surface area contributed by atoms with E-state index in [2.05, 4.69) is 27.3 Å². The van der Waals surface area contributed by atoms with E-state index < -0.39 is 0 Å². The van der Waals surface area contributed by atoms with Gasteiger partial charge in [0.05, 0.1) is 17.3 Å². The lowest BCUT2D eigenvalue weighted by molar-refractivity contribution is 0.629. The van der Waals surface area contributed by atoms with Gasteiger partial charge in [-0.25, -0.2) is 4.39 Å². The van der Waals surface area contributed by atoms with Gasteiger partial charge >= 0.3 is 0 Å². The molecule has 0 aromatic heterocycles. The molecule has 0 unspecified atom stereocenters. The molecule has 0 heterocycles. The number of nitriles is 1. The molecule has 18 heavy (non-hydrogen) atoms. The highest BCUT2D eigenvalue weighted by Gasteiger charge is 2.04. The first-order chi connectivity index (χ1) is 8.70. The minimum atomic E-state index is -0.321. The SMILES string of the molecule is N#Cc1ccccc1CNc1ccc(Br)cc1F. The first-order valence-electron chi connectivity index (χ1n) is 5.37. The second-order valence-electron chi connectivity index (χ2n) is 3.75. The highest BCUT2D eigenvalue weighted by molar-refractivity contribution is 9.10. The molecule has 0 fully saturated rings. The van der Waals surface area contributed by atoms with Crippen LogP contribution in [0.25, 0.3) is 0 Å². The summed E-state index contributed by atoms with van der Waals surface area (Å²) in [6.07, 6.45) is 0. The van der Waals surface area contributed by atoms with E-state index in [4.69, 9.17) is 5.26 Å². The summed E-state index contributed by atoms with van der Waals surface area (Å²) in [4.78, 5) is 0. The summed E-state index contributed by atoms with van der Waals surface area (Å²) in [7, 11) is 0. The third-order valence-electron chi connectivity index (χ3n) is 2.54. The van der Waals surface area contributed by atoms with Crippen LogP contribution in [-0.4, -0.2) is 0 Å². The van der Waals surface area contributed by atoms with Crippen molar-refractivity contribution in [3.63, 3.8) is 0 Å². The standard InChI is InChI=1S/C14H10BrFN2/c15-12-5-6-14(13(16)7-12)18-9-11-4-2-1-3-10(11)8-17/h1-7,18H,9H2. The van der Waals surface area contributed by atoms with E-state index in [1.165, 1.54) is 6.07 Å². The molecule has 0 saturated carbocycles. The first kappa shape index (κ1) is 12.6. The number of halogens is 2. The third kappa shape index (κ3) is 2.88. The monoisotopic (exact) mass is 304 g/mol. The molecule has 2 aromatic rings. The van der Waals surface area contributed by atoms with Crippen molar-refractivity contribution in [1.29, 1.82) is 5.26 Å². The zero-order valence-corrected chi connectivity index (χ0v) is 11.0. The van der Waals surface area contributed by atoms with Crippen molar-refractivity contribution in [3.05, 3.63) is 63.9 Å². The maximum absolute atomic E-state index is 13.6. The summed E-state index contributed by atoms with van der Waals surface area (Å²) in [5.74, 6) is -0.321. The van der Waals surface area contributed by atoms with Crippen molar-refractivity contribution in [3.8, 4) is 6.07 Å². The average molecular weight is 305 g/mol. The molecule has 2 rings (SSSR count). The van der Waals surface area contributed by atoms with E-state index >= 15 is 0 Å². The predicted molar refractivity (Wildman–Crippen MR) is 72.6 cm³/mol. The molecule has 0 spiro atoms. The number of hydrogen-bond acceptors (Lipinski definition) is 2. The molecule has 0 aliphatic heterocycles. The Hall–Kier alpha value is -1.86. The van der Waals surface area contributed by atoms with E-state index in [0.717, 1.165) is 5.56 Å². The van der Waals surface area contributed by atoms with Crippen LogP contribution < -0.4 is 5.32 Å². The molecule has 0 saturated heterocycles. The normalized spacial score (nSPS) is 9.83. The molecule has 0 amide bonds.